The second kappa shape index (κ2) is 5.21. The van der Waals surface area contributed by atoms with Crippen LogP contribution in [-0.2, 0) is 6.42 Å². The van der Waals surface area contributed by atoms with Gasteiger partial charge >= 0.3 is 0 Å². The molecule has 2 aromatic rings. The van der Waals surface area contributed by atoms with Gasteiger partial charge in [0.25, 0.3) is 0 Å². The average Bonchev–Trinajstić information content (AvgIpc) is 2.29. The number of rotatable bonds is 3. The number of aromatic hydroxyl groups is 1. The number of aliphatic hydroxyl groups excluding tert-OH is 1. The molecule has 0 aliphatic carbocycles. The SMILES string of the molecule is Oc1cccc(C[C@@H](O)c2ccc(Cl)cc2)c1. The van der Waals surface area contributed by atoms with Crippen molar-refractivity contribution < 1.29 is 10.2 Å². The van der Waals surface area contributed by atoms with Crippen molar-refractivity contribution in [3.63, 3.8) is 0 Å². The van der Waals surface area contributed by atoms with Gasteiger partial charge in [-0.2, -0.15) is 0 Å². The van der Waals surface area contributed by atoms with Gasteiger partial charge in [0.05, 0.1) is 6.10 Å². The van der Waals surface area contributed by atoms with E-state index in [2.05, 4.69) is 0 Å². The summed E-state index contributed by atoms with van der Waals surface area (Å²) in [5, 5.41) is 20.0. The number of halogens is 1. The molecule has 0 aliphatic rings. The maximum absolute atomic E-state index is 10.0. The van der Waals surface area contributed by atoms with E-state index in [4.69, 9.17) is 11.6 Å². The summed E-state index contributed by atoms with van der Waals surface area (Å²) in [4.78, 5) is 0. The van der Waals surface area contributed by atoms with Crippen LogP contribution in [0.2, 0.25) is 5.02 Å². The first kappa shape index (κ1) is 12.0. The maximum atomic E-state index is 10.0. The highest BCUT2D eigenvalue weighted by Crippen LogP contribution is 2.21. The molecule has 88 valence electrons. The lowest BCUT2D eigenvalue weighted by atomic mass is 10.0. The van der Waals surface area contributed by atoms with Crippen LogP contribution in [0.4, 0.5) is 0 Å². The third kappa shape index (κ3) is 3.22. The van der Waals surface area contributed by atoms with Gasteiger partial charge in [0.15, 0.2) is 0 Å². The smallest absolute Gasteiger partial charge is 0.115 e. The van der Waals surface area contributed by atoms with Crippen LogP contribution in [0.15, 0.2) is 48.5 Å². The van der Waals surface area contributed by atoms with Crippen molar-refractivity contribution in [2.45, 2.75) is 12.5 Å². The zero-order valence-electron chi connectivity index (χ0n) is 9.18. The Morgan fingerprint density at radius 1 is 1.06 bits per heavy atom. The highest BCUT2D eigenvalue weighted by Gasteiger charge is 2.08. The van der Waals surface area contributed by atoms with E-state index in [1.807, 2.05) is 6.07 Å². The zero-order chi connectivity index (χ0) is 12.3. The fraction of sp³-hybridized carbons (Fsp3) is 0.143. The fourth-order valence-corrected chi connectivity index (χ4v) is 1.84. The second-order valence-corrected chi connectivity index (χ2v) is 4.38. The molecule has 0 amide bonds. The summed E-state index contributed by atoms with van der Waals surface area (Å²) in [6.07, 6.45) is -0.121. The number of hydrogen-bond acceptors (Lipinski definition) is 2. The normalized spacial score (nSPS) is 12.4. The number of phenolic OH excluding ortho intramolecular Hbond substituents is 1. The summed E-state index contributed by atoms with van der Waals surface area (Å²) in [7, 11) is 0. The Morgan fingerprint density at radius 3 is 2.41 bits per heavy atom. The third-order valence-corrected chi connectivity index (χ3v) is 2.85. The molecule has 0 spiro atoms. The Morgan fingerprint density at radius 2 is 1.76 bits per heavy atom. The molecule has 2 N–H and O–H groups in total. The largest absolute Gasteiger partial charge is 0.508 e. The predicted molar refractivity (Wildman–Crippen MR) is 68.2 cm³/mol. The number of phenols is 1. The Bertz CT molecular complexity index is 494. The molecule has 0 heterocycles. The molecule has 0 unspecified atom stereocenters. The predicted octanol–water partition coefficient (Wildman–Crippen LogP) is 3.32. The van der Waals surface area contributed by atoms with Crippen molar-refractivity contribution in [2.24, 2.45) is 0 Å². The van der Waals surface area contributed by atoms with E-state index in [-0.39, 0.29) is 5.75 Å². The lowest BCUT2D eigenvalue weighted by Crippen LogP contribution is -2.01. The van der Waals surface area contributed by atoms with E-state index in [9.17, 15) is 10.2 Å². The minimum atomic E-state index is -0.589. The highest BCUT2D eigenvalue weighted by molar-refractivity contribution is 6.30. The summed E-state index contributed by atoms with van der Waals surface area (Å²) in [5.74, 6) is 0.214. The Hall–Kier alpha value is -1.51. The quantitative estimate of drug-likeness (QED) is 0.875. The standard InChI is InChI=1S/C14H13ClO2/c15-12-6-4-11(5-7-12)14(17)9-10-2-1-3-13(16)8-10/h1-8,14,16-17H,9H2/t14-/m1/s1. The molecule has 3 heteroatoms. The average molecular weight is 249 g/mol. The van der Waals surface area contributed by atoms with Crippen LogP contribution in [0, 0.1) is 0 Å². The molecular formula is C14H13ClO2. The van der Waals surface area contributed by atoms with Crippen molar-refractivity contribution in [1.82, 2.24) is 0 Å². The van der Waals surface area contributed by atoms with Crippen LogP contribution in [0.5, 0.6) is 5.75 Å². The fourth-order valence-electron chi connectivity index (χ4n) is 1.71. The first-order valence-electron chi connectivity index (χ1n) is 5.36. The van der Waals surface area contributed by atoms with Crippen molar-refractivity contribution in [3.05, 3.63) is 64.7 Å². The molecular weight excluding hydrogens is 236 g/mol. The van der Waals surface area contributed by atoms with E-state index < -0.39 is 6.10 Å². The van der Waals surface area contributed by atoms with E-state index in [1.54, 1.807) is 42.5 Å². The van der Waals surface area contributed by atoms with E-state index in [1.165, 1.54) is 0 Å². The van der Waals surface area contributed by atoms with Crippen LogP contribution in [-0.4, -0.2) is 10.2 Å². The maximum Gasteiger partial charge on any atom is 0.115 e. The number of benzene rings is 2. The molecule has 0 bridgehead atoms. The van der Waals surface area contributed by atoms with Gasteiger partial charge in [-0.05, 0) is 35.4 Å². The topological polar surface area (TPSA) is 40.5 Å². The molecule has 0 aromatic heterocycles. The molecule has 2 nitrogen and oxygen atoms in total. The monoisotopic (exact) mass is 248 g/mol. The Labute approximate surface area is 105 Å². The molecule has 0 saturated carbocycles. The van der Waals surface area contributed by atoms with Gasteiger partial charge in [-0.1, -0.05) is 35.9 Å². The molecule has 2 rings (SSSR count). The Balaban J connectivity index is 2.11. The molecule has 0 saturated heterocycles. The number of aliphatic hydroxyl groups is 1. The van der Waals surface area contributed by atoms with Crippen molar-refractivity contribution in [2.75, 3.05) is 0 Å². The van der Waals surface area contributed by atoms with E-state index >= 15 is 0 Å². The van der Waals surface area contributed by atoms with Gasteiger partial charge in [0.2, 0.25) is 0 Å². The molecule has 0 aliphatic heterocycles. The zero-order valence-corrected chi connectivity index (χ0v) is 9.93. The summed E-state index contributed by atoms with van der Waals surface area (Å²) < 4.78 is 0. The van der Waals surface area contributed by atoms with Gasteiger partial charge in [0.1, 0.15) is 5.75 Å². The summed E-state index contributed by atoms with van der Waals surface area (Å²) in [6.45, 7) is 0. The summed E-state index contributed by atoms with van der Waals surface area (Å²) in [6, 6.07) is 14.0. The minimum Gasteiger partial charge on any atom is -0.508 e. The van der Waals surface area contributed by atoms with Gasteiger partial charge in [-0.25, -0.2) is 0 Å². The molecule has 0 radical (unpaired) electrons. The lowest BCUT2D eigenvalue weighted by Gasteiger charge is -2.11. The molecule has 0 fully saturated rings. The van der Waals surface area contributed by atoms with Gasteiger partial charge in [-0.15, -0.1) is 0 Å². The number of hydrogen-bond donors (Lipinski definition) is 2. The molecule has 1 atom stereocenters. The van der Waals surface area contributed by atoms with E-state index in [0.717, 1.165) is 11.1 Å². The van der Waals surface area contributed by atoms with E-state index in [0.29, 0.717) is 11.4 Å². The van der Waals surface area contributed by atoms with Gasteiger partial charge in [-0.3, -0.25) is 0 Å². The summed E-state index contributed by atoms with van der Waals surface area (Å²) >= 11 is 5.78. The Kier molecular flexibility index (Phi) is 3.67. The van der Waals surface area contributed by atoms with Crippen molar-refractivity contribution in [3.8, 4) is 5.75 Å². The third-order valence-electron chi connectivity index (χ3n) is 2.59. The van der Waals surface area contributed by atoms with Crippen LogP contribution in [0.1, 0.15) is 17.2 Å². The first-order chi connectivity index (χ1) is 8.15. The van der Waals surface area contributed by atoms with Crippen molar-refractivity contribution in [1.29, 1.82) is 0 Å². The van der Waals surface area contributed by atoms with Crippen molar-refractivity contribution >= 4 is 11.6 Å². The van der Waals surface area contributed by atoms with Crippen LogP contribution >= 0.6 is 11.6 Å². The summed E-state index contributed by atoms with van der Waals surface area (Å²) in [5.41, 5.74) is 1.71. The molecule has 2 aromatic carbocycles. The highest BCUT2D eigenvalue weighted by atomic mass is 35.5. The first-order valence-corrected chi connectivity index (χ1v) is 5.74. The van der Waals surface area contributed by atoms with Gasteiger partial charge < -0.3 is 10.2 Å². The molecule has 17 heavy (non-hydrogen) atoms. The lowest BCUT2D eigenvalue weighted by molar-refractivity contribution is 0.178. The van der Waals surface area contributed by atoms with Crippen LogP contribution in [0.25, 0.3) is 0 Å². The van der Waals surface area contributed by atoms with Gasteiger partial charge in [0, 0.05) is 11.4 Å². The minimum absolute atomic E-state index is 0.214. The van der Waals surface area contributed by atoms with Crippen LogP contribution in [0.3, 0.4) is 0 Å². The second-order valence-electron chi connectivity index (χ2n) is 3.94. The van der Waals surface area contributed by atoms with Crippen LogP contribution < -0.4 is 0 Å².